The van der Waals surface area contributed by atoms with Gasteiger partial charge in [0.25, 0.3) is 5.56 Å². The maximum atomic E-state index is 11.7. The fraction of sp³-hybridized carbons (Fsp3) is 0.455. The lowest BCUT2D eigenvalue weighted by molar-refractivity contribution is 0.101. The van der Waals surface area contributed by atoms with E-state index in [9.17, 15) is 14.4 Å². The molecule has 0 aromatic carbocycles. The first-order valence-corrected chi connectivity index (χ1v) is 5.17. The number of hydrogen-bond donors (Lipinski definition) is 0. The van der Waals surface area contributed by atoms with E-state index in [0.717, 1.165) is 4.57 Å². The normalized spacial score (nSPS) is 9.94. The van der Waals surface area contributed by atoms with Gasteiger partial charge in [0.05, 0.1) is 11.6 Å². The molecule has 0 saturated heterocycles. The van der Waals surface area contributed by atoms with Crippen molar-refractivity contribution in [3.8, 4) is 6.07 Å². The molecule has 0 unspecified atom stereocenters. The van der Waals surface area contributed by atoms with Crippen LogP contribution in [-0.2, 0) is 13.6 Å². The summed E-state index contributed by atoms with van der Waals surface area (Å²) in [5.74, 6) is -0.375. The summed E-state index contributed by atoms with van der Waals surface area (Å²) in [7, 11) is 1.33. The monoisotopic (exact) mass is 235 g/mol. The SMILES string of the molecule is CC(=O)c1cn(CCCC#N)c(=O)n(C)c1=O. The lowest BCUT2D eigenvalue weighted by Gasteiger charge is -2.08. The van der Waals surface area contributed by atoms with Crippen molar-refractivity contribution in [3.63, 3.8) is 0 Å². The third-order valence-corrected chi connectivity index (χ3v) is 2.42. The largest absolute Gasteiger partial charge is 0.330 e. The minimum atomic E-state index is -0.584. The van der Waals surface area contributed by atoms with Gasteiger partial charge in [-0.3, -0.25) is 18.7 Å². The van der Waals surface area contributed by atoms with Gasteiger partial charge in [-0.1, -0.05) is 0 Å². The van der Waals surface area contributed by atoms with E-state index in [-0.39, 0.29) is 11.3 Å². The average molecular weight is 235 g/mol. The van der Waals surface area contributed by atoms with E-state index in [1.54, 1.807) is 0 Å². The predicted molar refractivity (Wildman–Crippen MR) is 60.8 cm³/mol. The number of nitriles is 1. The molecule has 0 amide bonds. The van der Waals surface area contributed by atoms with E-state index in [1.807, 2.05) is 6.07 Å². The quantitative estimate of drug-likeness (QED) is 0.545. The second kappa shape index (κ2) is 5.25. The van der Waals surface area contributed by atoms with E-state index < -0.39 is 11.2 Å². The van der Waals surface area contributed by atoms with Crippen molar-refractivity contribution in [2.24, 2.45) is 7.05 Å². The number of nitrogens with zero attached hydrogens (tertiary/aromatic N) is 3. The molecule has 0 N–H and O–H groups in total. The lowest BCUT2D eigenvalue weighted by atomic mass is 10.2. The molecule has 90 valence electrons. The molecule has 0 bridgehead atoms. The van der Waals surface area contributed by atoms with Crippen LogP contribution in [0.4, 0.5) is 0 Å². The molecule has 0 aliphatic carbocycles. The number of Topliss-reactive ketones (excluding diaryl/α,β-unsaturated/α-hetero) is 1. The zero-order valence-electron chi connectivity index (χ0n) is 9.77. The molecule has 1 aromatic rings. The second-order valence-corrected chi connectivity index (χ2v) is 3.70. The molecule has 0 aliphatic heterocycles. The van der Waals surface area contributed by atoms with E-state index in [4.69, 9.17) is 5.26 Å². The summed E-state index contributed by atoms with van der Waals surface area (Å²) in [4.78, 5) is 34.5. The molecule has 1 aromatic heterocycles. The number of carbonyl (C=O) groups is 1. The summed E-state index contributed by atoms with van der Waals surface area (Å²) >= 11 is 0. The third kappa shape index (κ3) is 2.69. The molecule has 0 spiro atoms. The molecule has 0 fully saturated rings. The van der Waals surface area contributed by atoms with Crippen LogP contribution in [0.1, 0.15) is 30.1 Å². The highest BCUT2D eigenvalue weighted by atomic mass is 16.2. The Kier molecular flexibility index (Phi) is 3.99. The van der Waals surface area contributed by atoms with Gasteiger partial charge in [0.1, 0.15) is 0 Å². The molecule has 6 nitrogen and oxygen atoms in total. The van der Waals surface area contributed by atoms with Crippen LogP contribution < -0.4 is 11.2 Å². The third-order valence-electron chi connectivity index (χ3n) is 2.42. The van der Waals surface area contributed by atoms with E-state index in [2.05, 4.69) is 0 Å². The first-order chi connectivity index (χ1) is 7.99. The van der Waals surface area contributed by atoms with Crippen molar-refractivity contribution in [1.29, 1.82) is 5.26 Å². The number of hydrogen-bond acceptors (Lipinski definition) is 4. The maximum Gasteiger partial charge on any atom is 0.330 e. The van der Waals surface area contributed by atoms with Gasteiger partial charge in [-0.2, -0.15) is 5.26 Å². The van der Waals surface area contributed by atoms with E-state index >= 15 is 0 Å². The topological polar surface area (TPSA) is 84.9 Å². The minimum absolute atomic E-state index is 0.0101. The predicted octanol–water partition coefficient (Wildman–Crippen LogP) is 0.0534. The lowest BCUT2D eigenvalue weighted by Crippen LogP contribution is -2.40. The fourth-order valence-corrected chi connectivity index (χ4v) is 1.46. The highest BCUT2D eigenvalue weighted by Gasteiger charge is 2.11. The van der Waals surface area contributed by atoms with Crippen molar-refractivity contribution < 1.29 is 4.79 Å². The van der Waals surface area contributed by atoms with Gasteiger partial charge in [0.2, 0.25) is 0 Å². The van der Waals surface area contributed by atoms with Gasteiger partial charge >= 0.3 is 5.69 Å². The number of aromatic nitrogens is 2. The van der Waals surface area contributed by atoms with Crippen LogP contribution in [0.3, 0.4) is 0 Å². The highest BCUT2D eigenvalue weighted by Crippen LogP contribution is 1.94. The average Bonchev–Trinajstić information content (AvgIpc) is 2.29. The molecular formula is C11H13N3O3. The number of rotatable bonds is 4. The molecule has 1 heterocycles. The second-order valence-electron chi connectivity index (χ2n) is 3.70. The smallest absolute Gasteiger partial charge is 0.300 e. The molecule has 17 heavy (non-hydrogen) atoms. The number of carbonyl (C=O) groups excluding carboxylic acids is 1. The Morgan fingerprint density at radius 3 is 2.65 bits per heavy atom. The number of ketones is 1. The van der Waals surface area contributed by atoms with Crippen LogP contribution in [0.25, 0.3) is 0 Å². The summed E-state index contributed by atoms with van der Waals surface area (Å²) in [6.45, 7) is 1.60. The molecule has 6 heteroatoms. The zero-order chi connectivity index (χ0) is 13.0. The minimum Gasteiger partial charge on any atom is -0.300 e. The van der Waals surface area contributed by atoms with Crippen LogP contribution in [0.5, 0.6) is 0 Å². The van der Waals surface area contributed by atoms with Crippen molar-refractivity contribution in [3.05, 3.63) is 32.6 Å². The Morgan fingerprint density at radius 2 is 2.12 bits per heavy atom. The molecular weight excluding hydrogens is 222 g/mol. The summed E-state index contributed by atoms with van der Waals surface area (Å²) in [6, 6.07) is 1.97. The molecule has 0 radical (unpaired) electrons. The van der Waals surface area contributed by atoms with Crippen LogP contribution in [-0.4, -0.2) is 14.9 Å². The van der Waals surface area contributed by atoms with Crippen molar-refractivity contribution in [2.75, 3.05) is 0 Å². The van der Waals surface area contributed by atoms with Crippen molar-refractivity contribution in [1.82, 2.24) is 9.13 Å². The van der Waals surface area contributed by atoms with Gasteiger partial charge in [0, 0.05) is 26.2 Å². The maximum absolute atomic E-state index is 11.7. The fourth-order valence-electron chi connectivity index (χ4n) is 1.46. The Bertz CT molecular complexity index is 589. The van der Waals surface area contributed by atoms with Gasteiger partial charge < -0.3 is 0 Å². The first-order valence-electron chi connectivity index (χ1n) is 5.17. The van der Waals surface area contributed by atoms with Gasteiger partial charge in [-0.15, -0.1) is 0 Å². The molecule has 0 aliphatic rings. The summed E-state index contributed by atoms with van der Waals surface area (Å²) in [6.07, 6.45) is 2.10. The van der Waals surface area contributed by atoms with Crippen molar-refractivity contribution in [2.45, 2.75) is 26.3 Å². The molecule has 0 saturated carbocycles. The Balaban J connectivity index is 3.24. The summed E-state index contributed by atoms with van der Waals surface area (Å²) in [5.41, 5.74) is -1.07. The number of unbranched alkanes of at least 4 members (excludes halogenated alkanes) is 1. The highest BCUT2D eigenvalue weighted by molar-refractivity contribution is 5.93. The summed E-state index contributed by atoms with van der Waals surface area (Å²) < 4.78 is 2.19. The van der Waals surface area contributed by atoms with Crippen molar-refractivity contribution >= 4 is 5.78 Å². The standard InChI is InChI=1S/C11H13N3O3/c1-8(15)9-7-14(6-4-3-5-12)11(17)13(2)10(9)16/h7H,3-4,6H2,1-2H3. The van der Waals surface area contributed by atoms with Gasteiger partial charge in [-0.25, -0.2) is 4.79 Å². The van der Waals surface area contributed by atoms with E-state index in [0.29, 0.717) is 19.4 Å². The Morgan fingerprint density at radius 1 is 1.47 bits per heavy atom. The Hall–Kier alpha value is -2.16. The van der Waals surface area contributed by atoms with Crippen LogP contribution >= 0.6 is 0 Å². The molecule has 1 rings (SSSR count). The summed E-state index contributed by atoms with van der Waals surface area (Å²) in [5, 5.41) is 8.41. The first kappa shape index (κ1) is 12.9. The zero-order valence-corrected chi connectivity index (χ0v) is 9.77. The van der Waals surface area contributed by atoms with Crippen LogP contribution in [0, 0.1) is 11.3 Å². The van der Waals surface area contributed by atoms with Gasteiger partial charge in [0.15, 0.2) is 5.78 Å². The van der Waals surface area contributed by atoms with Gasteiger partial charge in [-0.05, 0) is 13.3 Å². The van der Waals surface area contributed by atoms with Crippen LogP contribution in [0.2, 0.25) is 0 Å². The van der Waals surface area contributed by atoms with E-state index in [1.165, 1.54) is 24.7 Å². The number of aryl methyl sites for hydroxylation is 1. The van der Waals surface area contributed by atoms with Crippen LogP contribution in [0.15, 0.2) is 15.8 Å². The molecule has 0 atom stereocenters. The Labute approximate surface area is 97.7 Å².